The molecule has 0 atom stereocenters. The van der Waals surface area contributed by atoms with Crippen LogP contribution in [0.25, 0.3) is 0 Å². The molecule has 0 aromatic heterocycles. The lowest BCUT2D eigenvalue weighted by molar-refractivity contribution is -0.0793. The number of hydrogen-bond donors (Lipinski definition) is 2. The van der Waals surface area contributed by atoms with Gasteiger partial charge in [0.15, 0.2) is 0 Å². The predicted octanol–water partition coefficient (Wildman–Crippen LogP) is 3.24. The molecule has 1 saturated carbocycles. The number of halogens is 3. The second-order valence-corrected chi connectivity index (χ2v) is 4.75. The molecule has 15 heavy (non-hydrogen) atoms. The summed E-state index contributed by atoms with van der Waals surface area (Å²) in [5.74, 6) is -2.50. The van der Waals surface area contributed by atoms with Crippen LogP contribution in [0.5, 0.6) is 0 Å². The van der Waals surface area contributed by atoms with Crippen molar-refractivity contribution in [2.75, 3.05) is 11.1 Å². The predicted molar refractivity (Wildman–Crippen MR) is 60.1 cm³/mol. The molecule has 1 aliphatic carbocycles. The molecule has 82 valence electrons. The van der Waals surface area contributed by atoms with Crippen molar-refractivity contribution in [3.63, 3.8) is 0 Å². The topological polar surface area (TPSA) is 38.0 Å². The number of nitrogens with two attached hydrogens (primary N) is 1. The van der Waals surface area contributed by atoms with E-state index in [1.165, 1.54) is 0 Å². The maximum atomic E-state index is 12.6. The lowest BCUT2D eigenvalue weighted by atomic mass is 9.88. The first-order valence-corrected chi connectivity index (χ1v) is 5.45. The van der Waals surface area contributed by atoms with Crippen LogP contribution in [0, 0.1) is 0 Å². The molecular weight excluding hydrogens is 266 g/mol. The van der Waals surface area contributed by atoms with Crippen molar-refractivity contribution in [3.8, 4) is 0 Å². The Kier molecular flexibility index (Phi) is 2.58. The van der Waals surface area contributed by atoms with E-state index >= 15 is 0 Å². The van der Waals surface area contributed by atoms with Gasteiger partial charge in [0.25, 0.3) is 5.92 Å². The summed E-state index contributed by atoms with van der Waals surface area (Å²) in [6.07, 6.45) is -0.224. The maximum Gasteiger partial charge on any atom is 0.252 e. The second-order valence-electron chi connectivity index (χ2n) is 3.84. The molecular formula is C10H11BrF2N2. The van der Waals surface area contributed by atoms with E-state index < -0.39 is 5.92 Å². The Balaban J connectivity index is 2.03. The highest BCUT2D eigenvalue weighted by Gasteiger charge is 2.45. The number of anilines is 2. The van der Waals surface area contributed by atoms with Gasteiger partial charge in [-0.25, -0.2) is 8.78 Å². The van der Waals surface area contributed by atoms with Crippen LogP contribution >= 0.6 is 15.9 Å². The zero-order chi connectivity index (χ0) is 11.1. The smallest absolute Gasteiger partial charge is 0.252 e. The molecule has 0 radical (unpaired) electrons. The van der Waals surface area contributed by atoms with E-state index in [-0.39, 0.29) is 18.9 Å². The van der Waals surface area contributed by atoms with E-state index in [4.69, 9.17) is 5.73 Å². The highest BCUT2D eigenvalue weighted by Crippen LogP contribution is 2.39. The van der Waals surface area contributed by atoms with Crippen LogP contribution in [0.2, 0.25) is 0 Å². The van der Waals surface area contributed by atoms with Crippen molar-refractivity contribution in [3.05, 3.63) is 22.7 Å². The van der Waals surface area contributed by atoms with Crippen LogP contribution in [-0.2, 0) is 0 Å². The first-order chi connectivity index (χ1) is 6.96. The fraction of sp³-hybridized carbons (Fsp3) is 0.400. The summed E-state index contributed by atoms with van der Waals surface area (Å²) >= 11 is 3.30. The molecule has 0 unspecified atom stereocenters. The van der Waals surface area contributed by atoms with Crippen LogP contribution < -0.4 is 11.1 Å². The minimum absolute atomic E-state index is 0.112. The normalized spacial score (nSPS) is 19.7. The standard InChI is InChI=1S/C10H11BrF2N2/c11-6-1-2-8(14)9(3-6)15-7-4-10(12,13)5-7/h1-3,7,15H,4-5,14H2. The Labute approximate surface area is 95.0 Å². The van der Waals surface area contributed by atoms with Crippen LogP contribution in [0.3, 0.4) is 0 Å². The minimum atomic E-state index is -2.50. The van der Waals surface area contributed by atoms with Gasteiger partial charge in [0.1, 0.15) is 0 Å². The van der Waals surface area contributed by atoms with Gasteiger partial charge >= 0.3 is 0 Å². The Morgan fingerprint density at radius 1 is 1.40 bits per heavy atom. The van der Waals surface area contributed by atoms with E-state index in [0.717, 1.165) is 4.47 Å². The zero-order valence-electron chi connectivity index (χ0n) is 7.93. The Hall–Kier alpha value is -0.840. The summed E-state index contributed by atoms with van der Waals surface area (Å²) in [4.78, 5) is 0. The van der Waals surface area contributed by atoms with Gasteiger partial charge < -0.3 is 11.1 Å². The van der Waals surface area contributed by atoms with Crippen molar-refractivity contribution < 1.29 is 8.78 Å². The summed E-state index contributed by atoms with van der Waals surface area (Å²) in [5.41, 5.74) is 7.00. The molecule has 0 saturated heterocycles. The van der Waals surface area contributed by atoms with E-state index in [1.54, 1.807) is 12.1 Å². The van der Waals surface area contributed by atoms with Crippen LogP contribution in [-0.4, -0.2) is 12.0 Å². The molecule has 0 amide bonds. The number of benzene rings is 1. The summed E-state index contributed by atoms with van der Waals surface area (Å²) in [7, 11) is 0. The Morgan fingerprint density at radius 2 is 2.07 bits per heavy atom. The van der Waals surface area contributed by atoms with Gasteiger partial charge in [0.05, 0.1) is 11.4 Å². The molecule has 1 aromatic rings. The van der Waals surface area contributed by atoms with Gasteiger partial charge in [-0.2, -0.15) is 0 Å². The molecule has 2 nitrogen and oxygen atoms in total. The van der Waals surface area contributed by atoms with Gasteiger partial charge in [0.2, 0.25) is 0 Å². The van der Waals surface area contributed by atoms with Gasteiger partial charge in [-0.3, -0.25) is 0 Å². The van der Waals surface area contributed by atoms with Crippen LogP contribution in [0.1, 0.15) is 12.8 Å². The molecule has 1 fully saturated rings. The first kappa shape index (κ1) is 10.7. The third-order valence-electron chi connectivity index (χ3n) is 2.47. The van der Waals surface area contributed by atoms with Gasteiger partial charge in [-0.1, -0.05) is 15.9 Å². The summed E-state index contributed by atoms with van der Waals surface area (Å²) < 4.78 is 26.1. The molecule has 3 N–H and O–H groups in total. The number of rotatable bonds is 2. The fourth-order valence-corrected chi connectivity index (χ4v) is 2.00. The SMILES string of the molecule is Nc1ccc(Br)cc1NC1CC(F)(F)C1. The number of nitrogen functional groups attached to an aromatic ring is 1. The van der Waals surface area contributed by atoms with Crippen molar-refractivity contribution in [1.82, 2.24) is 0 Å². The lowest BCUT2D eigenvalue weighted by Gasteiger charge is -2.36. The third kappa shape index (κ3) is 2.40. The lowest BCUT2D eigenvalue weighted by Crippen LogP contribution is -2.44. The number of alkyl halides is 2. The zero-order valence-corrected chi connectivity index (χ0v) is 9.52. The molecule has 2 rings (SSSR count). The average Bonchev–Trinajstić information content (AvgIpc) is 2.08. The largest absolute Gasteiger partial charge is 0.397 e. The van der Waals surface area contributed by atoms with E-state index in [2.05, 4.69) is 21.2 Å². The molecule has 1 aliphatic rings. The van der Waals surface area contributed by atoms with Gasteiger partial charge in [-0.05, 0) is 18.2 Å². The summed E-state index contributed by atoms with van der Waals surface area (Å²) in [6, 6.07) is 5.18. The van der Waals surface area contributed by atoms with Crippen LogP contribution in [0.4, 0.5) is 20.2 Å². The second kappa shape index (κ2) is 3.63. The Bertz CT molecular complexity index is 374. The van der Waals surface area contributed by atoms with Gasteiger partial charge in [-0.15, -0.1) is 0 Å². The van der Waals surface area contributed by atoms with Crippen molar-refractivity contribution >= 4 is 27.3 Å². The molecule has 5 heteroatoms. The highest BCUT2D eigenvalue weighted by atomic mass is 79.9. The first-order valence-electron chi connectivity index (χ1n) is 4.66. The summed E-state index contributed by atoms with van der Waals surface area (Å²) in [6.45, 7) is 0. The summed E-state index contributed by atoms with van der Waals surface area (Å²) in [5, 5.41) is 3.01. The highest BCUT2D eigenvalue weighted by molar-refractivity contribution is 9.10. The minimum Gasteiger partial charge on any atom is -0.397 e. The average molecular weight is 277 g/mol. The maximum absolute atomic E-state index is 12.6. The van der Waals surface area contributed by atoms with E-state index in [9.17, 15) is 8.78 Å². The van der Waals surface area contributed by atoms with Gasteiger partial charge in [0, 0.05) is 23.4 Å². The molecule has 0 aliphatic heterocycles. The van der Waals surface area contributed by atoms with Crippen molar-refractivity contribution in [2.24, 2.45) is 0 Å². The fourth-order valence-electron chi connectivity index (χ4n) is 1.64. The molecule has 1 aromatic carbocycles. The quantitative estimate of drug-likeness (QED) is 0.814. The molecule has 0 heterocycles. The third-order valence-corrected chi connectivity index (χ3v) is 2.96. The Morgan fingerprint density at radius 3 is 2.67 bits per heavy atom. The molecule has 0 spiro atoms. The number of nitrogens with one attached hydrogen (secondary N) is 1. The monoisotopic (exact) mass is 276 g/mol. The van der Waals surface area contributed by atoms with Crippen molar-refractivity contribution in [1.29, 1.82) is 0 Å². The van der Waals surface area contributed by atoms with E-state index in [0.29, 0.717) is 11.4 Å². The molecule has 0 bridgehead atoms. The van der Waals surface area contributed by atoms with Crippen molar-refractivity contribution in [2.45, 2.75) is 24.8 Å². The van der Waals surface area contributed by atoms with E-state index in [1.807, 2.05) is 6.07 Å². The number of hydrogen-bond acceptors (Lipinski definition) is 2. The van der Waals surface area contributed by atoms with Crippen LogP contribution in [0.15, 0.2) is 22.7 Å².